The lowest BCUT2D eigenvalue weighted by molar-refractivity contribution is -0.126. The van der Waals surface area contributed by atoms with Crippen LogP contribution in [-0.4, -0.2) is 31.0 Å². The molecule has 4 aromatic carbocycles. The molecule has 0 N–H and O–H groups in total. The van der Waals surface area contributed by atoms with Crippen LogP contribution in [0.25, 0.3) is 0 Å². The van der Waals surface area contributed by atoms with Gasteiger partial charge in [-0.3, -0.25) is 14.4 Å². The molecule has 0 saturated carbocycles. The molecule has 2 saturated heterocycles. The predicted octanol–water partition coefficient (Wildman–Crippen LogP) is 5.62. The highest BCUT2D eigenvalue weighted by atomic mass is 35.5. The number of halogens is 1. The van der Waals surface area contributed by atoms with Gasteiger partial charge in [0.25, 0.3) is 5.91 Å². The third kappa shape index (κ3) is 4.47. The van der Waals surface area contributed by atoms with Crippen LogP contribution in [0.4, 0.5) is 11.4 Å². The zero-order valence-electron chi connectivity index (χ0n) is 21.3. The first kappa shape index (κ1) is 25.6. The molecular formula is C31H23ClN2O6. The number of hydrogen-bond donors (Lipinski definition) is 0. The Balaban J connectivity index is 1.39. The maximum Gasteiger partial charge on any atom is 0.343 e. The summed E-state index contributed by atoms with van der Waals surface area (Å²) in [6, 6.07) is 28.7. The minimum absolute atomic E-state index is 0.216. The maximum absolute atomic E-state index is 13.8. The summed E-state index contributed by atoms with van der Waals surface area (Å²) >= 11 is 6.11. The third-order valence-electron chi connectivity index (χ3n) is 6.95. The molecule has 0 aromatic heterocycles. The van der Waals surface area contributed by atoms with E-state index < -0.39 is 29.9 Å². The van der Waals surface area contributed by atoms with Gasteiger partial charge in [0.05, 0.1) is 30.1 Å². The number of hydrogen-bond acceptors (Lipinski definition) is 7. The largest absolute Gasteiger partial charge is 0.493 e. The first-order chi connectivity index (χ1) is 19.5. The number of imide groups is 1. The second-order valence-electron chi connectivity index (χ2n) is 9.31. The average molecular weight is 555 g/mol. The van der Waals surface area contributed by atoms with E-state index in [0.29, 0.717) is 27.5 Å². The van der Waals surface area contributed by atoms with Crippen molar-refractivity contribution in [1.29, 1.82) is 0 Å². The molecule has 3 unspecified atom stereocenters. The van der Waals surface area contributed by atoms with Crippen molar-refractivity contribution in [3.05, 3.63) is 119 Å². The fourth-order valence-corrected chi connectivity index (χ4v) is 5.21. The van der Waals surface area contributed by atoms with Crippen molar-refractivity contribution in [3.8, 4) is 11.5 Å². The summed E-state index contributed by atoms with van der Waals surface area (Å²) in [6.07, 6.45) is -1.03. The molecule has 40 heavy (non-hydrogen) atoms. The number of esters is 1. The molecule has 9 heteroatoms. The van der Waals surface area contributed by atoms with Crippen LogP contribution in [0.3, 0.4) is 0 Å². The van der Waals surface area contributed by atoms with E-state index in [2.05, 4.69) is 0 Å². The van der Waals surface area contributed by atoms with Gasteiger partial charge in [-0.1, -0.05) is 54.1 Å². The topological polar surface area (TPSA) is 85.4 Å². The van der Waals surface area contributed by atoms with Crippen LogP contribution in [0.1, 0.15) is 22.0 Å². The molecule has 2 amide bonds. The highest BCUT2D eigenvalue weighted by molar-refractivity contribution is 6.30. The number of para-hydroxylation sites is 1. The van der Waals surface area contributed by atoms with Gasteiger partial charge in [0, 0.05) is 5.02 Å². The zero-order chi connectivity index (χ0) is 27.8. The third-order valence-corrected chi connectivity index (χ3v) is 7.20. The number of hydroxylamine groups is 1. The summed E-state index contributed by atoms with van der Waals surface area (Å²) in [6.45, 7) is 0. The molecule has 8 nitrogen and oxygen atoms in total. The Labute approximate surface area is 235 Å². The van der Waals surface area contributed by atoms with Crippen LogP contribution in [-0.2, 0) is 14.4 Å². The van der Waals surface area contributed by atoms with Gasteiger partial charge in [-0.15, -0.1) is 0 Å². The summed E-state index contributed by atoms with van der Waals surface area (Å²) in [7, 11) is 1.46. The molecule has 2 fully saturated rings. The molecule has 2 aliphatic rings. The molecule has 4 aromatic rings. The van der Waals surface area contributed by atoms with Gasteiger partial charge in [0.2, 0.25) is 5.91 Å². The molecule has 0 radical (unpaired) electrons. The van der Waals surface area contributed by atoms with Crippen molar-refractivity contribution in [2.45, 2.75) is 12.1 Å². The highest BCUT2D eigenvalue weighted by Crippen LogP contribution is 2.48. The summed E-state index contributed by atoms with van der Waals surface area (Å²) in [4.78, 5) is 47.4. The molecule has 2 heterocycles. The number of methoxy groups -OCH3 is 1. The van der Waals surface area contributed by atoms with E-state index in [1.54, 1.807) is 96.1 Å². The predicted molar refractivity (Wildman–Crippen MR) is 148 cm³/mol. The Morgan fingerprint density at radius 3 is 2.15 bits per heavy atom. The molecule has 0 bridgehead atoms. The molecule has 6 rings (SSSR count). The highest BCUT2D eigenvalue weighted by Gasteiger charge is 2.60. The van der Waals surface area contributed by atoms with Crippen LogP contribution >= 0.6 is 11.6 Å². The van der Waals surface area contributed by atoms with Crippen molar-refractivity contribution in [2.75, 3.05) is 17.1 Å². The lowest BCUT2D eigenvalue weighted by Crippen LogP contribution is -2.37. The van der Waals surface area contributed by atoms with Crippen LogP contribution < -0.4 is 19.4 Å². The van der Waals surface area contributed by atoms with Gasteiger partial charge in [-0.25, -0.2) is 14.8 Å². The van der Waals surface area contributed by atoms with E-state index in [9.17, 15) is 14.4 Å². The van der Waals surface area contributed by atoms with Gasteiger partial charge in [-0.2, -0.15) is 0 Å². The van der Waals surface area contributed by atoms with Crippen LogP contribution in [0.15, 0.2) is 103 Å². The van der Waals surface area contributed by atoms with Crippen molar-refractivity contribution >= 4 is 40.8 Å². The van der Waals surface area contributed by atoms with Gasteiger partial charge >= 0.3 is 5.97 Å². The van der Waals surface area contributed by atoms with E-state index in [0.717, 1.165) is 0 Å². The average Bonchev–Trinajstić information content (AvgIpc) is 3.50. The molecule has 2 aliphatic heterocycles. The summed E-state index contributed by atoms with van der Waals surface area (Å²) in [5.41, 5.74) is 2.13. The normalized spacial score (nSPS) is 20.0. The number of rotatable bonds is 6. The Bertz CT molecular complexity index is 1580. The van der Waals surface area contributed by atoms with Crippen LogP contribution in [0.2, 0.25) is 5.02 Å². The Kier molecular flexibility index (Phi) is 6.71. The van der Waals surface area contributed by atoms with Crippen molar-refractivity contribution in [2.24, 2.45) is 5.92 Å². The number of amides is 2. The zero-order valence-corrected chi connectivity index (χ0v) is 22.0. The Morgan fingerprint density at radius 1 is 0.800 bits per heavy atom. The number of carbonyl (C=O) groups excluding carboxylic acids is 3. The van der Waals surface area contributed by atoms with E-state index in [1.165, 1.54) is 12.0 Å². The Morgan fingerprint density at radius 2 is 1.48 bits per heavy atom. The lowest BCUT2D eigenvalue weighted by atomic mass is 9.90. The quantitative estimate of drug-likeness (QED) is 0.174. The maximum atomic E-state index is 13.8. The molecule has 0 aliphatic carbocycles. The first-order valence-electron chi connectivity index (χ1n) is 12.6. The second kappa shape index (κ2) is 10.5. The minimum Gasteiger partial charge on any atom is -0.493 e. The van der Waals surface area contributed by atoms with Gasteiger partial charge < -0.3 is 9.47 Å². The number of nitrogens with zero attached hydrogens (tertiary/aromatic N) is 2. The number of fused-ring (bicyclic) bond motifs is 1. The summed E-state index contributed by atoms with van der Waals surface area (Å²) < 4.78 is 11.2. The van der Waals surface area contributed by atoms with Crippen molar-refractivity contribution < 1.29 is 28.7 Å². The Hall–Kier alpha value is -4.66. The van der Waals surface area contributed by atoms with E-state index in [-0.39, 0.29) is 17.4 Å². The van der Waals surface area contributed by atoms with Gasteiger partial charge in [0.15, 0.2) is 17.6 Å². The van der Waals surface area contributed by atoms with E-state index >= 15 is 0 Å². The van der Waals surface area contributed by atoms with Crippen LogP contribution in [0.5, 0.6) is 11.5 Å². The number of anilines is 2. The number of ether oxygens (including phenoxy) is 2. The van der Waals surface area contributed by atoms with Crippen molar-refractivity contribution in [1.82, 2.24) is 0 Å². The summed E-state index contributed by atoms with van der Waals surface area (Å²) in [5.74, 6) is -1.69. The molecular weight excluding hydrogens is 532 g/mol. The lowest BCUT2D eigenvalue weighted by Gasteiger charge is -2.29. The van der Waals surface area contributed by atoms with Gasteiger partial charge in [0.1, 0.15) is 5.92 Å². The minimum atomic E-state index is -1.03. The monoisotopic (exact) mass is 554 g/mol. The molecule has 200 valence electrons. The number of benzene rings is 4. The van der Waals surface area contributed by atoms with E-state index in [1.807, 2.05) is 12.1 Å². The summed E-state index contributed by atoms with van der Waals surface area (Å²) in [5, 5.41) is 2.10. The number of carbonyl (C=O) groups is 3. The van der Waals surface area contributed by atoms with E-state index in [4.69, 9.17) is 25.9 Å². The first-order valence-corrected chi connectivity index (χ1v) is 12.9. The molecule has 3 atom stereocenters. The van der Waals surface area contributed by atoms with Crippen LogP contribution in [0, 0.1) is 5.92 Å². The standard InChI is InChI=1S/C31H23ClN2O6/c1-38-25-18-20(12-17-24(25)39-31(37)19-8-4-2-5-9-19)27-26-28(40-34(27)23-15-13-21(32)14-16-23)30(36)33(29(26)35)22-10-6-3-7-11-22/h2-18,26-28H,1H3. The van der Waals surface area contributed by atoms with Gasteiger partial charge in [-0.05, 0) is 66.2 Å². The SMILES string of the molecule is COc1cc(C2C3C(=O)N(c4ccccc4)C(=O)C3ON2c2ccc(Cl)cc2)ccc1OC(=O)c1ccccc1. The van der Waals surface area contributed by atoms with Crippen molar-refractivity contribution in [3.63, 3.8) is 0 Å². The second-order valence-corrected chi connectivity index (χ2v) is 9.75. The fraction of sp³-hybridized carbons (Fsp3) is 0.129. The fourth-order valence-electron chi connectivity index (χ4n) is 5.08. The smallest absolute Gasteiger partial charge is 0.343 e. The molecule has 0 spiro atoms.